The summed E-state index contributed by atoms with van der Waals surface area (Å²) in [6.07, 6.45) is 0.407. The van der Waals surface area contributed by atoms with E-state index in [9.17, 15) is 16.8 Å². The third kappa shape index (κ3) is 4.25. The minimum atomic E-state index is -3.97. The van der Waals surface area contributed by atoms with E-state index in [1.807, 2.05) is 0 Å². The summed E-state index contributed by atoms with van der Waals surface area (Å²) in [6, 6.07) is 4.09. The lowest BCUT2D eigenvalue weighted by molar-refractivity contribution is 0.254. The number of nitrogens with one attached hydrogen (secondary N) is 1. The van der Waals surface area contributed by atoms with Crippen molar-refractivity contribution < 1.29 is 21.9 Å². The van der Waals surface area contributed by atoms with Gasteiger partial charge in [0.1, 0.15) is 0 Å². The molecule has 9 heteroatoms. The molecule has 1 aromatic carbocycles. The summed E-state index contributed by atoms with van der Waals surface area (Å²) in [4.78, 5) is -0.502. The van der Waals surface area contributed by atoms with Gasteiger partial charge in [-0.05, 0) is 24.6 Å². The topological polar surface area (TPSA) is 127 Å². The van der Waals surface area contributed by atoms with Crippen LogP contribution in [-0.2, 0) is 20.0 Å². The van der Waals surface area contributed by atoms with E-state index in [4.69, 9.17) is 10.2 Å². The number of aliphatic hydroxyl groups excluding tert-OH is 1. The average molecular weight is 308 g/mol. The molecule has 0 saturated carbocycles. The monoisotopic (exact) mass is 308 g/mol. The molecule has 0 aliphatic carbocycles. The summed E-state index contributed by atoms with van der Waals surface area (Å²) >= 11 is 0. The summed E-state index contributed by atoms with van der Waals surface area (Å²) < 4.78 is 48.6. The minimum Gasteiger partial charge on any atom is -0.395 e. The molecule has 0 heterocycles. The van der Waals surface area contributed by atoms with Crippen LogP contribution in [0.3, 0.4) is 0 Å². The molecule has 0 radical (unpaired) electrons. The number of benzene rings is 1. The second-order valence-corrected chi connectivity index (χ2v) is 7.20. The first-order valence-corrected chi connectivity index (χ1v) is 8.49. The fourth-order valence-electron chi connectivity index (χ4n) is 1.36. The molecule has 0 aliphatic rings. The fourth-order valence-corrected chi connectivity index (χ4v) is 3.35. The third-order valence-corrected chi connectivity index (χ3v) is 4.91. The van der Waals surface area contributed by atoms with Crippen LogP contribution in [0.15, 0.2) is 34.1 Å². The Morgan fingerprint density at radius 1 is 1.26 bits per heavy atom. The van der Waals surface area contributed by atoms with Crippen molar-refractivity contribution in [2.24, 2.45) is 5.14 Å². The lowest BCUT2D eigenvalue weighted by atomic mass is 10.3. The Morgan fingerprint density at radius 2 is 1.84 bits per heavy atom. The van der Waals surface area contributed by atoms with Crippen LogP contribution in [0.25, 0.3) is 0 Å². The summed E-state index contributed by atoms with van der Waals surface area (Å²) in [5.41, 5.74) is 0. The molecule has 0 aromatic heterocycles. The van der Waals surface area contributed by atoms with Crippen molar-refractivity contribution in [3.8, 4) is 0 Å². The van der Waals surface area contributed by atoms with Gasteiger partial charge in [0.2, 0.25) is 20.0 Å². The second kappa shape index (κ2) is 5.97. The van der Waals surface area contributed by atoms with Crippen molar-refractivity contribution >= 4 is 20.0 Å². The maximum atomic E-state index is 12.0. The highest BCUT2D eigenvalue weighted by Crippen LogP contribution is 2.15. The quantitative estimate of drug-likeness (QED) is 0.645. The summed E-state index contributed by atoms with van der Waals surface area (Å²) in [5.74, 6) is 0. The van der Waals surface area contributed by atoms with Crippen molar-refractivity contribution in [1.82, 2.24) is 4.72 Å². The number of rotatable bonds is 6. The lowest BCUT2D eigenvalue weighted by Gasteiger charge is -2.14. The van der Waals surface area contributed by atoms with Crippen molar-refractivity contribution in [2.75, 3.05) is 6.61 Å². The third-order valence-electron chi connectivity index (χ3n) is 2.48. The first kappa shape index (κ1) is 16.1. The molecule has 0 saturated heterocycles. The average Bonchev–Trinajstić information content (AvgIpc) is 2.35. The molecule has 0 bridgehead atoms. The van der Waals surface area contributed by atoms with Crippen molar-refractivity contribution in [2.45, 2.75) is 29.2 Å². The van der Waals surface area contributed by atoms with E-state index in [0.29, 0.717) is 6.42 Å². The van der Waals surface area contributed by atoms with Crippen LogP contribution in [0.2, 0.25) is 0 Å². The van der Waals surface area contributed by atoms with Crippen LogP contribution < -0.4 is 9.86 Å². The fraction of sp³-hybridized carbons (Fsp3) is 0.400. The van der Waals surface area contributed by atoms with E-state index in [0.717, 1.165) is 6.07 Å². The number of aliphatic hydroxyl groups is 1. The molecule has 7 nitrogen and oxygen atoms in total. The largest absolute Gasteiger partial charge is 0.395 e. The van der Waals surface area contributed by atoms with Gasteiger partial charge in [0.15, 0.2) is 0 Å². The second-order valence-electron chi connectivity index (χ2n) is 3.93. The highest BCUT2D eigenvalue weighted by molar-refractivity contribution is 7.90. The molecular weight excluding hydrogens is 292 g/mol. The highest BCUT2D eigenvalue weighted by atomic mass is 32.2. The van der Waals surface area contributed by atoms with Gasteiger partial charge >= 0.3 is 0 Å². The molecule has 0 amide bonds. The molecule has 0 fully saturated rings. The van der Waals surface area contributed by atoms with Gasteiger partial charge < -0.3 is 5.11 Å². The van der Waals surface area contributed by atoms with E-state index in [2.05, 4.69) is 4.72 Å². The van der Waals surface area contributed by atoms with Gasteiger partial charge in [-0.2, -0.15) is 0 Å². The molecule has 108 valence electrons. The van der Waals surface area contributed by atoms with Gasteiger partial charge in [-0.1, -0.05) is 13.0 Å². The molecule has 4 N–H and O–H groups in total. The van der Waals surface area contributed by atoms with Gasteiger partial charge in [0, 0.05) is 6.04 Å². The standard InChI is InChI=1S/C10H16N2O5S2/c1-2-8(7-13)12-19(16,17)10-5-3-4-9(6-10)18(11,14)15/h3-6,8,12-13H,2,7H2,1H3,(H2,11,14,15)/t8-/m1/s1. The van der Waals surface area contributed by atoms with Gasteiger partial charge in [-0.3, -0.25) is 0 Å². The Balaban J connectivity index is 3.16. The van der Waals surface area contributed by atoms with Crippen LogP contribution >= 0.6 is 0 Å². The Bertz CT molecular complexity index is 636. The van der Waals surface area contributed by atoms with E-state index in [1.165, 1.54) is 18.2 Å². The first-order chi connectivity index (χ1) is 8.70. The molecule has 0 spiro atoms. The predicted octanol–water partition coefficient (Wildman–Crippen LogP) is -0.617. The Hall–Kier alpha value is -1.00. The maximum absolute atomic E-state index is 12.0. The van der Waals surface area contributed by atoms with E-state index in [-0.39, 0.29) is 16.4 Å². The Morgan fingerprint density at radius 3 is 2.32 bits per heavy atom. The first-order valence-electron chi connectivity index (χ1n) is 5.46. The van der Waals surface area contributed by atoms with Gasteiger partial charge in [-0.25, -0.2) is 26.7 Å². The van der Waals surface area contributed by atoms with Crippen LogP contribution in [0, 0.1) is 0 Å². The molecule has 0 aliphatic heterocycles. The van der Waals surface area contributed by atoms with Crippen molar-refractivity contribution in [3.05, 3.63) is 24.3 Å². The van der Waals surface area contributed by atoms with Gasteiger partial charge in [0.25, 0.3) is 0 Å². The van der Waals surface area contributed by atoms with Gasteiger partial charge in [-0.15, -0.1) is 0 Å². The highest BCUT2D eigenvalue weighted by Gasteiger charge is 2.20. The minimum absolute atomic E-state index is 0.217. The molecule has 0 unspecified atom stereocenters. The molecule has 1 rings (SSSR count). The summed E-state index contributed by atoms with van der Waals surface area (Å²) in [6.45, 7) is 1.37. The van der Waals surface area contributed by atoms with Crippen LogP contribution in [0.5, 0.6) is 0 Å². The Kier molecular flexibility index (Phi) is 5.04. The van der Waals surface area contributed by atoms with Crippen LogP contribution in [0.4, 0.5) is 0 Å². The smallest absolute Gasteiger partial charge is 0.240 e. The summed E-state index contributed by atoms with van der Waals surface area (Å²) in [7, 11) is -7.86. The zero-order chi connectivity index (χ0) is 14.7. The van der Waals surface area contributed by atoms with Gasteiger partial charge in [0.05, 0.1) is 16.4 Å². The number of primary sulfonamides is 1. The zero-order valence-corrected chi connectivity index (χ0v) is 11.9. The van der Waals surface area contributed by atoms with Crippen molar-refractivity contribution in [3.63, 3.8) is 0 Å². The molecule has 1 aromatic rings. The zero-order valence-electron chi connectivity index (χ0n) is 10.3. The molecule has 1 atom stereocenters. The van der Waals surface area contributed by atoms with Crippen LogP contribution in [0.1, 0.15) is 13.3 Å². The number of sulfonamides is 2. The summed E-state index contributed by atoms with van der Waals surface area (Å²) in [5, 5.41) is 13.9. The van der Waals surface area contributed by atoms with E-state index >= 15 is 0 Å². The number of hydrogen-bond acceptors (Lipinski definition) is 5. The van der Waals surface area contributed by atoms with Crippen molar-refractivity contribution in [1.29, 1.82) is 0 Å². The molecule has 19 heavy (non-hydrogen) atoms. The van der Waals surface area contributed by atoms with Crippen LogP contribution in [-0.4, -0.2) is 34.6 Å². The van der Waals surface area contributed by atoms with E-state index in [1.54, 1.807) is 6.92 Å². The number of nitrogens with two attached hydrogens (primary N) is 1. The molecular formula is C10H16N2O5S2. The predicted molar refractivity (Wildman–Crippen MR) is 69.3 cm³/mol. The SMILES string of the molecule is CC[C@H](CO)NS(=O)(=O)c1cccc(S(N)(=O)=O)c1. The maximum Gasteiger partial charge on any atom is 0.240 e. The van der Waals surface area contributed by atoms with E-state index < -0.39 is 26.1 Å². The normalized spacial score (nSPS) is 14.3. The lowest BCUT2D eigenvalue weighted by Crippen LogP contribution is -2.36. The Labute approximate surface area is 112 Å². The number of hydrogen-bond donors (Lipinski definition) is 3.